The molecule has 18 heavy (non-hydrogen) atoms. The highest BCUT2D eigenvalue weighted by Crippen LogP contribution is 2.06. The Labute approximate surface area is 101 Å². The van der Waals surface area contributed by atoms with Gasteiger partial charge in [0.05, 0.1) is 7.11 Å². The average molecular weight is 249 g/mol. The first-order valence-corrected chi connectivity index (χ1v) is 4.93. The predicted molar refractivity (Wildman–Crippen MR) is 58.9 cm³/mol. The zero-order valence-corrected chi connectivity index (χ0v) is 9.33. The van der Waals surface area contributed by atoms with E-state index in [4.69, 9.17) is 0 Å². The lowest BCUT2D eigenvalue weighted by atomic mass is 10.3. The van der Waals surface area contributed by atoms with Crippen LogP contribution >= 0.6 is 0 Å². The Kier molecular flexibility index (Phi) is 3.13. The number of hydrogen-bond donors (Lipinski definition) is 0. The van der Waals surface area contributed by atoms with Crippen molar-refractivity contribution in [3.05, 3.63) is 52.5 Å². The fourth-order valence-electron chi connectivity index (χ4n) is 1.33. The summed E-state index contributed by atoms with van der Waals surface area (Å²) in [6, 6.07) is 5.10. The molecule has 0 aliphatic heterocycles. The first kappa shape index (κ1) is 11.9. The first-order chi connectivity index (χ1) is 8.63. The monoisotopic (exact) mass is 249 g/mol. The topological polar surface area (TPSA) is 74.1 Å². The van der Waals surface area contributed by atoms with Crippen LogP contribution in [0, 0.1) is 5.95 Å². The standard InChI is InChI=1S/C11H8FN3O3/c1-18-11(17)7-4-5-9(16)15(14-7)8-3-2-6-13-10(8)12/h2-6H,1H3. The zero-order chi connectivity index (χ0) is 13.1. The van der Waals surface area contributed by atoms with Crippen LogP contribution in [0.4, 0.5) is 4.39 Å². The number of pyridine rings is 1. The third-order valence-corrected chi connectivity index (χ3v) is 2.16. The van der Waals surface area contributed by atoms with Gasteiger partial charge in [0.25, 0.3) is 5.56 Å². The third kappa shape index (κ3) is 2.10. The number of ether oxygens (including phenoxy) is 1. The van der Waals surface area contributed by atoms with E-state index in [-0.39, 0.29) is 11.4 Å². The van der Waals surface area contributed by atoms with Crippen LogP contribution in [0.25, 0.3) is 5.69 Å². The van der Waals surface area contributed by atoms with Gasteiger partial charge in [-0.2, -0.15) is 14.2 Å². The van der Waals surface area contributed by atoms with E-state index in [1.165, 1.54) is 31.5 Å². The molecule has 0 bridgehead atoms. The molecule has 2 aromatic heterocycles. The number of esters is 1. The average Bonchev–Trinajstić information content (AvgIpc) is 2.39. The maximum Gasteiger partial charge on any atom is 0.358 e. The minimum absolute atomic E-state index is 0.0969. The van der Waals surface area contributed by atoms with Crippen molar-refractivity contribution in [1.29, 1.82) is 0 Å². The molecule has 0 spiro atoms. The molecule has 0 atom stereocenters. The normalized spacial score (nSPS) is 10.1. The number of carbonyl (C=O) groups is 1. The maximum absolute atomic E-state index is 13.4. The van der Waals surface area contributed by atoms with Gasteiger partial charge in [-0.25, -0.2) is 9.78 Å². The number of methoxy groups -OCH3 is 1. The summed E-state index contributed by atoms with van der Waals surface area (Å²) in [5.74, 6) is -1.57. The Hall–Kier alpha value is -2.57. The largest absolute Gasteiger partial charge is 0.464 e. The molecule has 2 heterocycles. The Morgan fingerprint density at radius 2 is 2.17 bits per heavy atom. The molecular weight excluding hydrogens is 241 g/mol. The summed E-state index contributed by atoms with van der Waals surface area (Å²) in [4.78, 5) is 26.3. The molecule has 2 aromatic rings. The summed E-state index contributed by atoms with van der Waals surface area (Å²) in [6.07, 6.45) is 1.24. The second kappa shape index (κ2) is 4.74. The highest BCUT2D eigenvalue weighted by atomic mass is 19.1. The number of aromatic nitrogens is 3. The summed E-state index contributed by atoms with van der Waals surface area (Å²) in [6.45, 7) is 0. The van der Waals surface area contributed by atoms with Gasteiger partial charge in [0.15, 0.2) is 5.69 Å². The van der Waals surface area contributed by atoms with Crippen LogP contribution < -0.4 is 5.56 Å². The van der Waals surface area contributed by atoms with Gasteiger partial charge < -0.3 is 4.74 Å². The molecule has 0 saturated carbocycles. The van der Waals surface area contributed by atoms with Crippen molar-refractivity contribution in [2.45, 2.75) is 0 Å². The number of halogens is 1. The molecule has 0 saturated heterocycles. The van der Waals surface area contributed by atoms with E-state index in [1.807, 2.05) is 0 Å². The van der Waals surface area contributed by atoms with Crippen molar-refractivity contribution < 1.29 is 13.9 Å². The maximum atomic E-state index is 13.4. The summed E-state index contributed by atoms with van der Waals surface area (Å²) < 4.78 is 18.7. The van der Waals surface area contributed by atoms with E-state index in [9.17, 15) is 14.0 Å². The number of hydrogen-bond acceptors (Lipinski definition) is 5. The Balaban J connectivity index is 2.61. The molecule has 0 aliphatic rings. The van der Waals surface area contributed by atoms with Gasteiger partial charge in [0.2, 0.25) is 5.95 Å². The first-order valence-electron chi connectivity index (χ1n) is 4.93. The fourth-order valence-corrected chi connectivity index (χ4v) is 1.33. The predicted octanol–water partition coefficient (Wildman–Crippen LogP) is 0.553. The number of rotatable bonds is 2. The molecule has 7 heteroatoms. The van der Waals surface area contributed by atoms with Crippen LogP contribution in [0.15, 0.2) is 35.3 Å². The molecule has 0 aliphatic carbocycles. The smallest absolute Gasteiger partial charge is 0.358 e. The molecule has 0 aromatic carbocycles. The van der Waals surface area contributed by atoms with Crippen LogP contribution in [-0.4, -0.2) is 27.8 Å². The van der Waals surface area contributed by atoms with Crippen molar-refractivity contribution in [2.24, 2.45) is 0 Å². The van der Waals surface area contributed by atoms with Gasteiger partial charge in [-0.3, -0.25) is 4.79 Å². The van der Waals surface area contributed by atoms with Gasteiger partial charge in [-0.15, -0.1) is 0 Å². The van der Waals surface area contributed by atoms with Crippen molar-refractivity contribution >= 4 is 5.97 Å². The second-order valence-corrected chi connectivity index (χ2v) is 3.27. The van der Waals surface area contributed by atoms with Crippen LogP contribution in [0.3, 0.4) is 0 Å². The van der Waals surface area contributed by atoms with Gasteiger partial charge in [0.1, 0.15) is 5.69 Å². The lowest BCUT2D eigenvalue weighted by Gasteiger charge is -2.05. The van der Waals surface area contributed by atoms with E-state index in [0.717, 1.165) is 10.7 Å². The van der Waals surface area contributed by atoms with E-state index in [0.29, 0.717) is 0 Å². The van der Waals surface area contributed by atoms with E-state index in [2.05, 4.69) is 14.8 Å². The minimum atomic E-state index is -0.853. The van der Waals surface area contributed by atoms with E-state index in [1.54, 1.807) is 0 Å². The quantitative estimate of drug-likeness (QED) is 0.574. The van der Waals surface area contributed by atoms with Crippen LogP contribution in [0.2, 0.25) is 0 Å². The Morgan fingerprint density at radius 3 is 2.83 bits per heavy atom. The molecule has 92 valence electrons. The molecular formula is C11H8FN3O3. The Bertz CT molecular complexity index is 654. The molecule has 0 amide bonds. The summed E-state index contributed by atoms with van der Waals surface area (Å²) in [5, 5.41) is 3.72. The molecule has 2 rings (SSSR count). The molecule has 0 unspecified atom stereocenters. The minimum Gasteiger partial charge on any atom is -0.464 e. The van der Waals surface area contributed by atoms with Gasteiger partial charge in [-0.05, 0) is 18.2 Å². The SMILES string of the molecule is COC(=O)c1ccc(=O)n(-c2cccnc2F)n1. The van der Waals surface area contributed by atoms with Crippen molar-refractivity contribution in [3.63, 3.8) is 0 Å². The van der Waals surface area contributed by atoms with Crippen molar-refractivity contribution in [1.82, 2.24) is 14.8 Å². The summed E-state index contributed by atoms with van der Waals surface area (Å²) in [5.41, 5.74) is -0.803. The van der Waals surface area contributed by atoms with Crippen molar-refractivity contribution in [3.8, 4) is 5.69 Å². The Morgan fingerprint density at radius 1 is 1.39 bits per heavy atom. The van der Waals surface area contributed by atoms with Crippen molar-refractivity contribution in [2.75, 3.05) is 7.11 Å². The van der Waals surface area contributed by atoms with Gasteiger partial charge in [-0.1, -0.05) is 0 Å². The molecule has 0 N–H and O–H groups in total. The second-order valence-electron chi connectivity index (χ2n) is 3.27. The van der Waals surface area contributed by atoms with Crippen LogP contribution in [0.5, 0.6) is 0 Å². The van der Waals surface area contributed by atoms with Crippen LogP contribution in [0.1, 0.15) is 10.5 Å². The zero-order valence-electron chi connectivity index (χ0n) is 9.33. The lowest BCUT2D eigenvalue weighted by Crippen LogP contribution is -2.24. The molecule has 0 fully saturated rings. The van der Waals surface area contributed by atoms with Gasteiger partial charge in [0, 0.05) is 12.3 Å². The highest BCUT2D eigenvalue weighted by molar-refractivity contribution is 5.86. The van der Waals surface area contributed by atoms with E-state index >= 15 is 0 Å². The summed E-state index contributed by atoms with van der Waals surface area (Å²) in [7, 11) is 1.18. The lowest BCUT2D eigenvalue weighted by molar-refractivity contribution is 0.0591. The fraction of sp³-hybridized carbons (Fsp3) is 0.0909. The summed E-state index contributed by atoms with van der Waals surface area (Å²) >= 11 is 0. The van der Waals surface area contributed by atoms with Crippen LogP contribution in [-0.2, 0) is 4.74 Å². The van der Waals surface area contributed by atoms with Gasteiger partial charge >= 0.3 is 5.97 Å². The third-order valence-electron chi connectivity index (χ3n) is 2.16. The number of nitrogens with zero attached hydrogens (tertiary/aromatic N) is 3. The molecule has 6 nitrogen and oxygen atoms in total. The van der Waals surface area contributed by atoms with E-state index < -0.39 is 17.5 Å². The molecule has 0 radical (unpaired) electrons. The number of carbonyl (C=O) groups excluding carboxylic acids is 1. The highest BCUT2D eigenvalue weighted by Gasteiger charge is 2.13.